The van der Waals surface area contributed by atoms with Gasteiger partial charge in [0.15, 0.2) is 0 Å². The molecule has 14 heteroatoms. The lowest BCUT2D eigenvalue weighted by Gasteiger charge is -2.38. The number of benzene rings is 2. The summed E-state index contributed by atoms with van der Waals surface area (Å²) < 4.78 is 0. The van der Waals surface area contributed by atoms with Crippen LogP contribution in [0, 0.1) is 0 Å². The van der Waals surface area contributed by atoms with Crippen molar-refractivity contribution < 1.29 is 29.1 Å². The third-order valence-electron chi connectivity index (χ3n) is 8.83. The molecule has 2 fully saturated rings. The van der Waals surface area contributed by atoms with Crippen LogP contribution in [-0.2, 0) is 43.2 Å². The molecule has 0 spiro atoms. The number of fused-ring (bicyclic) bond motifs is 1. The summed E-state index contributed by atoms with van der Waals surface area (Å²) in [5.41, 5.74) is 11.2. The fourth-order valence-electron chi connectivity index (χ4n) is 6.53. The Morgan fingerprint density at radius 1 is 0.918 bits per heavy atom. The van der Waals surface area contributed by atoms with E-state index in [0.29, 0.717) is 42.5 Å². The number of pyridine rings is 1. The van der Waals surface area contributed by atoms with Gasteiger partial charge in [0, 0.05) is 41.5 Å². The van der Waals surface area contributed by atoms with Gasteiger partial charge in [0.05, 0.1) is 12.8 Å². The van der Waals surface area contributed by atoms with Gasteiger partial charge in [-0.15, -0.1) is 0 Å². The molecule has 0 unspecified atom stereocenters. The highest BCUT2D eigenvalue weighted by molar-refractivity contribution is 5.95. The second kappa shape index (κ2) is 16.4. The zero-order chi connectivity index (χ0) is 34.8. The summed E-state index contributed by atoms with van der Waals surface area (Å²) in [5.74, 6) is -2.81. The van der Waals surface area contributed by atoms with Gasteiger partial charge in [-0.2, -0.15) is 0 Å². The molecule has 2 aromatic carbocycles. The van der Waals surface area contributed by atoms with Crippen LogP contribution < -0.4 is 16.0 Å². The van der Waals surface area contributed by atoms with Crippen LogP contribution in [0.5, 0.6) is 0 Å². The number of carbonyl (C=O) groups is 5. The number of aromatic nitrogens is 1. The predicted molar refractivity (Wildman–Crippen MR) is 178 cm³/mol. The fourth-order valence-corrected chi connectivity index (χ4v) is 6.53. The van der Waals surface area contributed by atoms with E-state index >= 15 is 0 Å². The quantitative estimate of drug-likeness (QED) is 0.115. The Hall–Kier alpha value is -5.75. The molecular formula is C35H38N8O6. The number of rotatable bonds is 14. The van der Waals surface area contributed by atoms with Crippen LogP contribution >= 0.6 is 0 Å². The first-order chi connectivity index (χ1) is 23.7. The summed E-state index contributed by atoms with van der Waals surface area (Å²) in [4.78, 5) is 74.2. The molecule has 49 heavy (non-hydrogen) atoms. The van der Waals surface area contributed by atoms with Gasteiger partial charge in [0.1, 0.15) is 18.1 Å². The molecular weight excluding hydrogens is 628 g/mol. The number of nitrogens with one attached hydrogen (secondary N) is 3. The molecule has 2 saturated heterocycles. The molecule has 2 aliphatic heterocycles. The number of carbonyl (C=O) groups excluding carboxylic acids is 4. The van der Waals surface area contributed by atoms with Gasteiger partial charge in [-0.1, -0.05) is 65.8 Å². The van der Waals surface area contributed by atoms with Crippen LogP contribution in [0.4, 0.5) is 5.69 Å². The SMILES string of the molecule is [N-]=[N+]=Nc1ccc(CC(=O)N[C@H]2CC[C@H]3CC[C@@H](C(=O)N[C@@H](Cc4cccnc4)C(=O)N[C@H](CC(=O)O)Cc4ccccc4)N3C2=O)cc1. The van der Waals surface area contributed by atoms with Crippen LogP contribution in [0.1, 0.15) is 48.8 Å². The second-order valence-corrected chi connectivity index (χ2v) is 12.3. The number of aliphatic carboxylic acids is 1. The average molecular weight is 667 g/mol. The molecule has 254 valence electrons. The van der Waals surface area contributed by atoms with Crippen molar-refractivity contribution >= 4 is 35.3 Å². The van der Waals surface area contributed by atoms with E-state index in [1.165, 1.54) is 0 Å². The van der Waals surface area contributed by atoms with Crippen LogP contribution in [0.3, 0.4) is 0 Å². The van der Waals surface area contributed by atoms with Crippen molar-refractivity contribution in [3.63, 3.8) is 0 Å². The van der Waals surface area contributed by atoms with Gasteiger partial charge in [-0.3, -0.25) is 29.0 Å². The maximum absolute atomic E-state index is 13.8. The summed E-state index contributed by atoms with van der Waals surface area (Å²) in [6.45, 7) is 0. The predicted octanol–water partition coefficient (Wildman–Crippen LogP) is 3.13. The Kier molecular flexibility index (Phi) is 11.6. The zero-order valence-corrected chi connectivity index (χ0v) is 26.8. The molecule has 5 rings (SSSR count). The van der Waals surface area contributed by atoms with Crippen molar-refractivity contribution in [3.8, 4) is 0 Å². The molecule has 0 bridgehead atoms. The number of nitrogens with zero attached hydrogens (tertiary/aromatic N) is 5. The highest BCUT2D eigenvalue weighted by Crippen LogP contribution is 2.33. The number of piperidine rings is 1. The van der Waals surface area contributed by atoms with Gasteiger partial charge in [-0.25, -0.2) is 0 Å². The average Bonchev–Trinajstić information content (AvgIpc) is 3.53. The zero-order valence-electron chi connectivity index (χ0n) is 26.8. The maximum Gasteiger partial charge on any atom is 0.305 e. The number of hydrogen-bond donors (Lipinski definition) is 4. The van der Waals surface area contributed by atoms with Crippen LogP contribution in [0.25, 0.3) is 10.4 Å². The third-order valence-corrected chi connectivity index (χ3v) is 8.83. The summed E-state index contributed by atoms with van der Waals surface area (Å²) in [5, 5.41) is 21.6. The van der Waals surface area contributed by atoms with Crippen LogP contribution in [0.15, 0.2) is 84.2 Å². The topological polar surface area (TPSA) is 207 Å². The number of azide groups is 1. The lowest BCUT2D eigenvalue weighted by Crippen LogP contribution is -2.60. The minimum absolute atomic E-state index is 0.0198. The normalized spacial score (nSPS) is 19.5. The van der Waals surface area contributed by atoms with Gasteiger partial charge in [0.25, 0.3) is 0 Å². The summed E-state index contributed by atoms with van der Waals surface area (Å²) >= 11 is 0. The van der Waals surface area contributed by atoms with E-state index in [4.69, 9.17) is 5.53 Å². The Bertz CT molecular complexity index is 1700. The number of amides is 4. The first-order valence-electron chi connectivity index (χ1n) is 16.2. The minimum Gasteiger partial charge on any atom is -0.481 e. The molecule has 0 aliphatic carbocycles. The van der Waals surface area contributed by atoms with E-state index in [0.717, 1.165) is 5.56 Å². The highest BCUT2D eigenvalue weighted by atomic mass is 16.4. The van der Waals surface area contributed by atoms with Crippen molar-refractivity contribution in [1.82, 2.24) is 25.8 Å². The van der Waals surface area contributed by atoms with E-state index in [1.54, 1.807) is 53.7 Å². The Morgan fingerprint density at radius 2 is 1.65 bits per heavy atom. The van der Waals surface area contributed by atoms with Crippen LogP contribution in [-0.4, -0.2) is 74.8 Å². The molecule has 0 saturated carbocycles. The molecule has 1 aromatic heterocycles. The summed E-state index contributed by atoms with van der Waals surface area (Å²) in [6, 6.07) is 15.7. The molecule has 3 heterocycles. The number of hydrogen-bond acceptors (Lipinski definition) is 7. The van der Waals surface area contributed by atoms with Gasteiger partial charge >= 0.3 is 5.97 Å². The van der Waals surface area contributed by atoms with Crippen molar-refractivity contribution in [2.75, 3.05) is 0 Å². The molecule has 4 amide bonds. The van der Waals surface area contributed by atoms with E-state index in [-0.39, 0.29) is 43.5 Å². The highest BCUT2D eigenvalue weighted by Gasteiger charge is 2.46. The van der Waals surface area contributed by atoms with E-state index in [1.807, 2.05) is 30.3 Å². The molecule has 0 radical (unpaired) electrons. The second-order valence-electron chi connectivity index (χ2n) is 12.3. The number of carboxylic acids is 1. The van der Waals surface area contributed by atoms with E-state index < -0.39 is 42.0 Å². The third kappa shape index (κ3) is 9.42. The Morgan fingerprint density at radius 3 is 2.35 bits per heavy atom. The van der Waals surface area contributed by atoms with Gasteiger partial charge < -0.3 is 26.0 Å². The molecule has 5 atom stereocenters. The molecule has 4 N–H and O–H groups in total. The molecule has 3 aromatic rings. The van der Waals surface area contributed by atoms with Crippen molar-refractivity contribution in [2.24, 2.45) is 5.11 Å². The summed E-state index contributed by atoms with van der Waals surface area (Å²) in [6.07, 6.45) is 5.34. The summed E-state index contributed by atoms with van der Waals surface area (Å²) in [7, 11) is 0. The minimum atomic E-state index is -1.07. The van der Waals surface area contributed by atoms with Gasteiger partial charge in [0.2, 0.25) is 23.6 Å². The molecule has 14 nitrogen and oxygen atoms in total. The van der Waals surface area contributed by atoms with E-state index in [9.17, 15) is 29.1 Å². The van der Waals surface area contributed by atoms with E-state index in [2.05, 4.69) is 31.0 Å². The van der Waals surface area contributed by atoms with Crippen molar-refractivity contribution in [1.29, 1.82) is 0 Å². The van der Waals surface area contributed by atoms with Crippen LogP contribution in [0.2, 0.25) is 0 Å². The standard InChI is InChI=1S/C35H38N8O6/c36-42-41-25-10-8-23(9-11-25)19-31(44)39-28-14-12-27-13-15-30(43(27)35(28)49)34(48)40-29(18-24-7-4-16-37-21-24)33(47)38-26(20-32(45)46)17-22-5-2-1-3-6-22/h1-11,16,21,26-30H,12-15,17-20H2,(H,38,47)(H,39,44)(H,40,48)(H,45,46)/t26-,27-,28-,29-,30-/m0/s1. The Balaban J connectivity index is 1.26. The smallest absolute Gasteiger partial charge is 0.305 e. The first-order valence-corrected chi connectivity index (χ1v) is 16.2. The lowest BCUT2D eigenvalue weighted by atomic mass is 9.97. The van der Waals surface area contributed by atoms with Gasteiger partial charge in [-0.05, 0) is 60.4 Å². The van der Waals surface area contributed by atoms with Crippen molar-refractivity contribution in [2.45, 2.75) is 81.6 Å². The fraction of sp³-hybridized carbons (Fsp3) is 0.371. The largest absolute Gasteiger partial charge is 0.481 e. The van der Waals surface area contributed by atoms with Crippen molar-refractivity contribution in [3.05, 3.63) is 106 Å². The number of carboxylic acid groups (broad SMARTS) is 1. The lowest BCUT2D eigenvalue weighted by molar-refractivity contribution is -0.146. The maximum atomic E-state index is 13.8. The first kappa shape index (κ1) is 34.6. The Labute approximate surface area is 282 Å². The monoisotopic (exact) mass is 666 g/mol. The molecule has 2 aliphatic rings.